The molecule has 0 bridgehead atoms. The predicted molar refractivity (Wildman–Crippen MR) is 119 cm³/mol. The fourth-order valence-corrected chi connectivity index (χ4v) is 4.35. The van der Waals surface area contributed by atoms with E-state index in [1.54, 1.807) is 35.1 Å². The SMILES string of the molecule is COC1CN(C(=O)c2cnnc(N(Cc3ccc(-c4noc(C(F)(F)F)n4)s3)c3cnccn3)c2)C1. The minimum absolute atomic E-state index is 0.0127. The molecule has 1 amide bonds. The Bertz CT molecular complexity index is 1360. The van der Waals surface area contributed by atoms with E-state index in [0.29, 0.717) is 35.2 Å². The van der Waals surface area contributed by atoms with Gasteiger partial charge in [-0.15, -0.1) is 16.4 Å². The van der Waals surface area contributed by atoms with Gasteiger partial charge in [-0.05, 0) is 18.2 Å². The standard InChI is InChI=1S/C21H17F3N8O3S/c1-34-13-9-31(10-13)19(33)12-6-16(29-27-7-12)32(17-8-25-4-5-26-17)11-14-2-3-15(36-14)18-28-20(35-30-18)21(22,23)24/h2-8,13H,9-11H2,1H3. The molecule has 1 aliphatic heterocycles. The maximum Gasteiger partial charge on any atom is 0.471 e. The van der Waals surface area contributed by atoms with Gasteiger partial charge in [-0.2, -0.15) is 23.3 Å². The molecular formula is C21H17F3N8O3S. The largest absolute Gasteiger partial charge is 0.471 e. The number of anilines is 2. The maximum absolute atomic E-state index is 12.8. The van der Waals surface area contributed by atoms with E-state index < -0.39 is 12.1 Å². The molecule has 0 spiro atoms. The summed E-state index contributed by atoms with van der Waals surface area (Å²) >= 11 is 1.18. The second-order valence-electron chi connectivity index (χ2n) is 7.71. The number of carbonyl (C=O) groups excluding carboxylic acids is 1. The highest BCUT2D eigenvalue weighted by molar-refractivity contribution is 7.15. The van der Waals surface area contributed by atoms with Gasteiger partial charge in [0.25, 0.3) is 5.91 Å². The van der Waals surface area contributed by atoms with Crippen molar-refractivity contribution >= 4 is 28.9 Å². The van der Waals surface area contributed by atoms with Crippen molar-refractivity contribution in [2.24, 2.45) is 0 Å². The van der Waals surface area contributed by atoms with Gasteiger partial charge in [0.05, 0.1) is 35.5 Å². The fraction of sp³-hybridized carbons (Fsp3) is 0.286. The van der Waals surface area contributed by atoms with Crippen molar-refractivity contribution in [3.63, 3.8) is 0 Å². The Hall–Kier alpha value is -3.98. The van der Waals surface area contributed by atoms with Crippen LogP contribution in [-0.2, 0) is 17.5 Å². The van der Waals surface area contributed by atoms with Crippen LogP contribution in [0.1, 0.15) is 21.1 Å². The average Bonchev–Trinajstić information content (AvgIpc) is 3.52. The highest BCUT2D eigenvalue weighted by atomic mass is 32.1. The first kappa shape index (κ1) is 23.7. The molecule has 1 saturated heterocycles. The van der Waals surface area contributed by atoms with Gasteiger partial charge < -0.3 is 19.1 Å². The number of rotatable bonds is 7. The maximum atomic E-state index is 12.8. The number of ether oxygens (including phenoxy) is 1. The van der Waals surface area contributed by atoms with E-state index in [1.165, 1.54) is 36.1 Å². The molecule has 186 valence electrons. The van der Waals surface area contributed by atoms with E-state index in [4.69, 9.17) is 4.74 Å². The highest BCUT2D eigenvalue weighted by Crippen LogP contribution is 2.33. The summed E-state index contributed by atoms with van der Waals surface area (Å²) < 4.78 is 48.0. The first-order valence-corrected chi connectivity index (χ1v) is 11.3. The molecule has 1 fully saturated rings. The molecule has 4 aromatic heterocycles. The number of alkyl halides is 3. The molecule has 11 nitrogen and oxygen atoms in total. The Balaban J connectivity index is 1.41. The van der Waals surface area contributed by atoms with Gasteiger partial charge in [0.1, 0.15) is 0 Å². The van der Waals surface area contributed by atoms with Gasteiger partial charge in [-0.1, -0.05) is 5.16 Å². The van der Waals surface area contributed by atoms with Crippen molar-refractivity contribution < 1.29 is 27.2 Å². The number of aromatic nitrogens is 6. The lowest BCUT2D eigenvalue weighted by Crippen LogP contribution is -2.54. The van der Waals surface area contributed by atoms with Crippen molar-refractivity contribution in [3.8, 4) is 10.7 Å². The summed E-state index contributed by atoms with van der Waals surface area (Å²) in [4.78, 5) is 29.2. The zero-order valence-corrected chi connectivity index (χ0v) is 19.4. The molecule has 0 atom stereocenters. The molecule has 5 rings (SSSR count). The molecule has 0 aromatic carbocycles. The van der Waals surface area contributed by atoms with Crippen LogP contribution >= 0.6 is 11.3 Å². The minimum Gasteiger partial charge on any atom is -0.378 e. The molecule has 0 saturated carbocycles. The number of hydrogen-bond acceptors (Lipinski definition) is 11. The summed E-state index contributed by atoms with van der Waals surface area (Å²) in [7, 11) is 1.60. The van der Waals surface area contributed by atoms with E-state index >= 15 is 0 Å². The van der Waals surface area contributed by atoms with E-state index in [0.717, 1.165) is 4.88 Å². The third kappa shape index (κ3) is 4.87. The van der Waals surface area contributed by atoms with Crippen LogP contribution in [0.15, 0.2) is 47.5 Å². The van der Waals surface area contributed by atoms with Crippen molar-refractivity contribution in [1.82, 2.24) is 35.2 Å². The van der Waals surface area contributed by atoms with E-state index in [-0.39, 0.29) is 24.4 Å². The van der Waals surface area contributed by atoms with Crippen LogP contribution in [0, 0.1) is 0 Å². The molecule has 0 aliphatic carbocycles. The smallest absolute Gasteiger partial charge is 0.378 e. The Morgan fingerprint density at radius 1 is 1.25 bits per heavy atom. The van der Waals surface area contributed by atoms with E-state index in [1.807, 2.05) is 0 Å². The summed E-state index contributed by atoms with van der Waals surface area (Å²) in [5, 5.41) is 11.6. The van der Waals surface area contributed by atoms with Crippen molar-refractivity contribution in [2.75, 3.05) is 25.1 Å². The molecular weight excluding hydrogens is 501 g/mol. The van der Waals surface area contributed by atoms with Crippen molar-refractivity contribution in [3.05, 3.63) is 59.3 Å². The molecule has 0 unspecified atom stereocenters. The summed E-state index contributed by atoms with van der Waals surface area (Å²) in [6.07, 6.45) is 1.22. The molecule has 4 aromatic rings. The number of amides is 1. The lowest BCUT2D eigenvalue weighted by atomic mass is 10.1. The van der Waals surface area contributed by atoms with Crippen molar-refractivity contribution in [2.45, 2.75) is 18.8 Å². The Morgan fingerprint density at radius 3 is 2.78 bits per heavy atom. The van der Waals surface area contributed by atoms with Gasteiger partial charge in [0.15, 0.2) is 11.6 Å². The second-order valence-corrected chi connectivity index (χ2v) is 8.88. The van der Waals surface area contributed by atoms with Gasteiger partial charge in [-0.25, -0.2) is 4.98 Å². The molecule has 5 heterocycles. The predicted octanol–water partition coefficient (Wildman–Crippen LogP) is 3.21. The second kappa shape index (κ2) is 9.58. The minimum atomic E-state index is -4.73. The fourth-order valence-electron chi connectivity index (χ4n) is 3.43. The number of hydrogen-bond donors (Lipinski definition) is 0. The molecule has 0 N–H and O–H groups in total. The molecule has 1 aliphatic rings. The lowest BCUT2D eigenvalue weighted by Gasteiger charge is -2.38. The lowest BCUT2D eigenvalue weighted by molar-refractivity contribution is -0.159. The average molecular weight is 518 g/mol. The zero-order valence-electron chi connectivity index (χ0n) is 18.6. The number of nitrogens with zero attached hydrogens (tertiary/aromatic N) is 8. The summed E-state index contributed by atoms with van der Waals surface area (Å²) in [5.74, 6) is -0.993. The molecule has 36 heavy (non-hydrogen) atoms. The number of methoxy groups -OCH3 is 1. The first-order valence-electron chi connectivity index (χ1n) is 10.5. The van der Waals surface area contributed by atoms with Crippen molar-refractivity contribution in [1.29, 1.82) is 0 Å². The topological polar surface area (TPSA) is 123 Å². The number of carbonyl (C=O) groups is 1. The summed E-state index contributed by atoms with van der Waals surface area (Å²) in [5.41, 5.74) is 0.349. The Kier molecular flexibility index (Phi) is 6.32. The van der Waals surface area contributed by atoms with Crippen LogP contribution in [0.5, 0.6) is 0 Å². The zero-order chi connectivity index (χ0) is 25.3. The monoisotopic (exact) mass is 518 g/mol. The number of halogens is 3. The van der Waals surface area contributed by atoms with Crippen LogP contribution in [0.2, 0.25) is 0 Å². The van der Waals surface area contributed by atoms with Gasteiger partial charge in [0.2, 0.25) is 5.82 Å². The summed E-state index contributed by atoms with van der Waals surface area (Å²) in [6, 6.07) is 4.93. The van der Waals surface area contributed by atoms with Crippen LogP contribution in [-0.4, -0.2) is 67.4 Å². The third-order valence-electron chi connectivity index (χ3n) is 5.32. The quantitative estimate of drug-likeness (QED) is 0.360. The number of likely N-dealkylation sites (tertiary alicyclic amines) is 1. The van der Waals surface area contributed by atoms with E-state index in [9.17, 15) is 18.0 Å². The van der Waals surface area contributed by atoms with Crippen LogP contribution in [0.3, 0.4) is 0 Å². The Labute approximate surface area is 205 Å². The summed E-state index contributed by atoms with van der Waals surface area (Å²) in [6.45, 7) is 1.20. The van der Waals surface area contributed by atoms with Gasteiger partial charge >= 0.3 is 12.1 Å². The molecule has 0 radical (unpaired) electrons. The molecule has 15 heteroatoms. The Morgan fingerprint density at radius 2 is 2.08 bits per heavy atom. The third-order valence-corrected chi connectivity index (χ3v) is 6.39. The van der Waals surface area contributed by atoms with Gasteiger partial charge in [0, 0.05) is 37.5 Å². The van der Waals surface area contributed by atoms with Gasteiger partial charge in [-0.3, -0.25) is 9.78 Å². The highest BCUT2D eigenvalue weighted by Gasteiger charge is 2.38. The van der Waals surface area contributed by atoms with Crippen LogP contribution in [0.25, 0.3) is 10.7 Å². The van der Waals surface area contributed by atoms with Crippen LogP contribution in [0.4, 0.5) is 24.8 Å². The number of thiophene rings is 1. The normalized spacial score (nSPS) is 14.1. The first-order chi connectivity index (χ1) is 17.3. The van der Waals surface area contributed by atoms with Crippen LogP contribution < -0.4 is 4.90 Å². The van der Waals surface area contributed by atoms with E-state index in [2.05, 4.69) is 34.8 Å².